The zero-order chi connectivity index (χ0) is 21.5. The van der Waals surface area contributed by atoms with Gasteiger partial charge in [0.1, 0.15) is 6.54 Å². The first-order chi connectivity index (χ1) is 14.4. The number of benzene rings is 1. The highest BCUT2D eigenvalue weighted by atomic mass is 16.4. The van der Waals surface area contributed by atoms with Gasteiger partial charge in [0.25, 0.3) is 0 Å². The number of primary amides is 1. The Morgan fingerprint density at radius 2 is 1.93 bits per heavy atom. The number of likely N-dealkylation sites (N-methyl/N-ethyl adjacent to an activating group) is 1. The Labute approximate surface area is 176 Å². The summed E-state index contributed by atoms with van der Waals surface area (Å²) in [5.41, 5.74) is 6.65. The van der Waals surface area contributed by atoms with Crippen LogP contribution in [0.25, 0.3) is 0 Å². The van der Waals surface area contributed by atoms with Crippen molar-refractivity contribution in [3.8, 4) is 0 Å². The molecule has 3 N–H and O–H groups in total. The van der Waals surface area contributed by atoms with Crippen molar-refractivity contribution in [3.63, 3.8) is 0 Å². The number of carbonyl (C=O) groups is 3. The zero-order valence-corrected chi connectivity index (χ0v) is 17.4. The Balaban J connectivity index is 1.47. The van der Waals surface area contributed by atoms with Gasteiger partial charge in [-0.25, -0.2) is 4.79 Å². The molecular weight excluding hydrogens is 384 g/mol. The van der Waals surface area contributed by atoms with Crippen LogP contribution in [0.2, 0.25) is 0 Å². The molecular formula is C22H30N4O4. The molecule has 1 atom stereocenters. The van der Waals surface area contributed by atoms with E-state index in [0.29, 0.717) is 12.6 Å². The second-order valence-corrected chi connectivity index (χ2v) is 8.69. The lowest BCUT2D eigenvalue weighted by Gasteiger charge is -2.40. The maximum Gasteiger partial charge on any atom is 0.407 e. The fourth-order valence-electron chi connectivity index (χ4n) is 5.76. The van der Waals surface area contributed by atoms with Crippen LogP contribution in [0.5, 0.6) is 0 Å². The molecule has 1 aliphatic carbocycles. The second kappa shape index (κ2) is 7.91. The van der Waals surface area contributed by atoms with Crippen molar-refractivity contribution < 1.29 is 19.5 Å². The molecule has 2 aliphatic heterocycles. The lowest BCUT2D eigenvalue weighted by atomic mass is 9.68. The summed E-state index contributed by atoms with van der Waals surface area (Å²) < 4.78 is 0. The lowest BCUT2D eigenvalue weighted by molar-refractivity contribution is -0.126. The van der Waals surface area contributed by atoms with Gasteiger partial charge in [0.2, 0.25) is 11.8 Å². The predicted octanol–water partition coefficient (Wildman–Crippen LogP) is 1.77. The van der Waals surface area contributed by atoms with Crippen LogP contribution in [0.4, 0.5) is 10.5 Å². The third-order valence-electron chi connectivity index (χ3n) is 7.23. The molecule has 4 rings (SSSR count). The van der Waals surface area contributed by atoms with Crippen LogP contribution >= 0.6 is 0 Å². The number of hydrogen-bond acceptors (Lipinski definition) is 4. The molecule has 0 unspecified atom stereocenters. The summed E-state index contributed by atoms with van der Waals surface area (Å²) in [7, 11) is 0. The number of fused-ring (bicyclic) bond motifs is 2. The monoisotopic (exact) mass is 414 g/mol. The molecule has 3 amide bonds. The van der Waals surface area contributed by atoms with Gasteiger partial charge < -0.3 is 20.6 Å². The van der Waals surface area contributed by atoms with E-state index in [9.17, 15) is 19.5 Å². The molecule has 1 saturated heterocycles. The smallest absolute Gasteiger partial charge is 0.407 e. The first-order valence-electron chi connectivity index (χ1n) is 10.8. The third-order valence-corrected chi connectivity index (χ3v) is 7.23. The van der Waals surface area contributed by atoms with Gasteiger partial charge in [-0.3, -0.25) is 14.5 Å². The highest BCUT2D eigenvalue weighted by Gasteiger charge is 2.53. The molecule has 0 aromatic heterocycles. The van der Waals surface area contributed by atoms with Crippen LogP contribution in [0, 0.1) is 0 Å². The Morgan fingerprint density at radius 3 is 2.57 bits per heavy atom. The first-order valence-corrected chi connectivity index (χ1v) is 10.8. The molecule has 0 bridgehead atoms. The maximum absolute atomic E-state index is 13.4. The van der Waals surface area contributed by atoms with E-state index in [1.165, 1.54) is 4.90 Å². The highest BCUT2D eigenvalue weighted by molar-refractivity contribution is 6.10. The number of carboxylic acid groups (broad SMARTS) is 1. The summed E-state index contributed by atoms with van der Waals surface area (Å²) in [5, 5.41) is 9.41. The van der Waals surface area contributed by atoms with E-state index >= 15 is 0 Å². The normalized spacial score (nSPS) is 28.7. The Bertz CT molecular complexity index is 849. The number of para-hydroxylation sites is 1. The van der Waals surface area contributed by atoms with Gasteiger partial charge in [0.15, 0.2) is 0 Å². The molecule has 30 heavy (non-hydrogen) atoms. The number of nitrogens with zero attached hydrogens (tertiary/aromatic N) is 3. The van der Waals surface area contributed by atoms with E-state index < -0.39 is 17.4 Å². The molecule has 162 valence electrons. The van der Waals surface area contributed by atoms with Crippen LogP contribution in [-0.2, 0) is 15.0 Å². The first kappa shape index (κ1) is 20.7. The summed E-state index contributed by atoms with van der Waals surface area (Å²) in [6.45, 7) is 3.95. The summed E-state index contributed by atoms with van der Waals surface area (Å²) >= 11 is 0. The van der Waals surface area contributed by atoms with E-state index in [2.05, 4.69) is 4.90 Å². The van der Waals surface area contributed by atoms with Crippen molar-refractivity contribution in [1.82, 2.24) is 9.80 Å². The van der Waals surface area contributed by atoms with Crippen molar-refractivity contribution in [2.24, 2.45) is 5.73 Å². The van der Waals surface area contributed by atoms with Gasteiger partial charge in [0, 0.05) is 37.4 Å². The number of likely N-dealkylation sites (tertiary alicyclic amines) is 1. The minimum absolute atomic E-state index is 0.0108. The molecule has 2 fully saturated rings. The lowest BCUT2D eigenvalue weighted by Crippen LogP contribution is -2.49. The summed E-state index contributed by atoms with van der Waals surface area (Å²) in [5.74, 6) is -0.519. The Hall–Kier alpha value is -2.61. The summed E-state index contributed by atoms with van der Waals surface area (Å²) in [4.78, 5) is 41.9. The van der Waals surface area contributed by atoms with Gasteiger partial charge in [0.05, 0.1) is 5.41 Å². The Morgan fingerprint density at radius 1 is 1.23 bits per heavy atom. The van der Waals surface area contributed by atoms with Crippen LogP contribution in [0.1, 0.15) is 44.6 Å². The second-order valence-electron chi connectivity index (χ2n) is 8.69. The van der Waals surface area contributed by atoms with Gasteiger partial charge >= 0.3 is 6.09 Å². The quantitative estimate of drug-likeness (QED) is 0.764. The fourth-order valence-corrected chi connectivity index (χ4v) is 5.76. The van der Waals surface area contributed by atoms with Crippen molar-refractivity contribution in [1.29, 1.82) is 0 Å². The minimum atomic E-state index is -0.852. The van der Waals surface area contributed by atoms with Gasteiger partial charge in [-0.05, 0) is 50.7 Å². The summed E-state index contributed by atoms with van der Waals surface area (Å²) in [6, 6.07) is 8.14. The number of nitrogens with two attached hydrogens (primary N) is 1. The van der Waals surface area contributed by atoms with Gasteiger partial charge in [-0.15, -0.1) is 0 Å². The number of anilines is 1. The van der Waals surface area contributed by atoms with Crippen LogP contribution in [0.3, 0.4) is 0 Å². The minimum Gasteiger partial charge on any atom is -0.465 e. The molecule has 1 saturated carbocycles. The average molecular weight is 415 g/mol. The Kier molecular flexibility index (Phi) is 5.44. The van der Waals surface area contributed by atoms with Gasteiger partial charge in [-0.1, -0.05) is 18.2 Å². The van der Waals surface area contributed by atoms with Crippen molar-refractivity contribution in [2.45, 2.75) is 56.5 Å². The number of hydrogen-bond donors (Lipinski definition) is 2. The molecule has 1 aromatic rings. The van der Waals surface area contributed by atoms with Crippen LogP contribution in [-0.4, -0.2) is 71.1 Å². The fraction of sp³-hybridized carbons (Fsp3) is 0.591. The molecule has 1 spiro atoms. The standard InChI is InChI=1S/C22H30N4O4/c1-2-25(21(29)30)16-9-12-24(13-16)15-7-10-22(11-8-15)17-5-3-4-6-18(17)26(20(22)28)14-19(23)27/h3-6,15-16H,2,7-14H2,1H3,(H2,23,27)(H,29,30)/t15?,16-,22?/m0/s1. The van der Waals surface area contributed by atoms with Gasteiger partial charge in [-0.2, -0.15) is 0 Å². The molecule has 0 radical (unpaired) electrons. The molecule has 8 heteroatoms. The SMILES string of the molecule is CCN(C(=O)O)[C@H]1CCN(C2CCC3(CC2)C(=O)N(CC(N)=O)c2ccccc23)C1. The number of amides is 3. The molecule has 2 heterocycles. The van der Waals surface area contributed by atoms with Crippen LogP contribution in [0.15, 0.2) is 24.3 Å². The number of rotatable bonds is 5. The van der Waals surface area contributed by atoms with E-state index in [-0.39, 0.29) is 18.5 Å². The largest absolute Gasteiger partial charge is 0.465 e. The average Bonchev–Trinajstić information content (AvgIpc) is 3.28. The van der Waals surface area contributed by atoms with E-state index in [1.807, 2.05) is 31.2 Å². The molecule has 8 nitrogen and oxygen atoms in total. The summed E-state index contributed by atoms with van der Waals surface area (Å²) in [6.07, 6.45) is 3.25. The van der Waals surface area contributed by atoms with E-state index in [1.54, 1.807) is 4.90 Å². The molecule has 3 aliphatic rings. The van der Waals surface area contributed by atoms with Crippen molar-refractivity contribution in [2.75, 3.05) is 31.1 Å². The van der Waals surface area contributed by atoms with Crippen molar-refractivity contribution in [3.05, 3.63) is 29.8 Å². The highest BCUT2D eigenvalue weighted by Crippen LogP contribution is 2.50. The van der Waals surface area contributed by atoms with E-state index in [4.69, 9.17) is 5.73 Å². The predicted molar refractivity (Wildman–Crippen MR) is 112 cm³/mol. The third kappa shape index (κ3) is 3.33. The zero-order valence-electron chi connectivity index (χ0n) is 17.4. The molecule has 1 aromatic carbocycles. The number of carbonyl (C=O) groups excluding carboxylic acids is 2. The van der Waals surface area contributed by atoms with E-state index in [0.717, 1.165) is 56.4 Å². The van der Waals surface area contributed by atoms with Crippen LogP contribution < -0.4 is 10.6 Å². The maximum atomic E-state index is 13.4. The topological polar surface area (TPSA) is 107 Å². The van der Waals surface area contributed by atoms with Crippen molar-refractivity contribution >= 4 is 23.6 Å².